The second-order valence-electron chi connectivity index (χ2n) is 4.01. The maximum atomic E-state index is 13.6. The van der Waals surface area contributed by atoms with Crippen molar-refractivity contribution in [1.29, 1.82) is 0 Å². The summed E-state index contributed by atoms with van der Waals surface area (Å²) >= 11 is 3.33. The van der Waals surface area contributed by atoms with Crippen LogP contribution in [0.2, 0.25) is 0 Å². The fraction of sp³-hybridized carbons (Fsp3) is 0.143. The van der Waals surface area contributed by atoms with Gasteiger partial charge in [0.25, 0.3) is 0 Å². The van der Waals surface area contributed by atoms with Gasteiger partial charge in [0.2, 0.25) is 0 Å². The second-order valence-corrected chi connectivity index (χ2v) is 4.87. The minimum atomic E-state index is -0.332. The Bertz CT molecular complexity index is 557. The van der Waals surface area contributed by atoms with Crippen LogP contribution in [0.5, 0.6) is 0 Å². The summed E-state index contributed by atoms with van der Waals surface area (Å²) in [6.45, 7) is 1.83. The molecule has 0 amide bonds. The van der Waals surface area contributed by atoms with Crippen molar-refractivity contribution < 1.29 is 8.78 Å². The number of halogens is 3. The van der Waals surface area contributed by atoms with Crippen molar-refractivity contribution in [3.8, 4) is 0 Å². The van der Waals surface area contributed by atoms with Gasteiger partial charge in [0, 0.05) is 10.0 Å². The SMILES string of the molecule is CC(Nc1cc(F)ccc1Br)c1ccccc1F. The van der Waals surface area contributed by atoms with Gasteiger partial charge in [-0.25, -0.2) is 8.78 Å². The van der Waals surface area contributed by atoms with Crippen LogP contribution in [0.4, 0.5) is 14.5 Å². The van der Waals surface area contributed by atoms with Gasteiger partial charge in [0.15, 0.2) is 0 Å². The Balaban J connectivity index is 2.24. The summed E-state index contributed by atoms with van der Waals surface area (Å²) < 4.78 is 27.5. The highest BCUT2D eigenvalue weighted by Gasteiger charge is 2.11. The van der Waals surface area contributed by atoms with Crippen molar-refractivity contribution in [2.75, 3.05) is 5.32 Å². The van der Waals surface area contributed by atoms with E-state index >= 15 is 0 Å². The molecule has 0 saturated carbocycles. The molecular formula is C14H12BrF2N. The number of nitrogens with one attached hydrogen (secondary N) is 1. The van der Waals surface area contributed by atoms with Crippen molar-refractivity contribution in [3.63, 3.8) is 0 Å². The standard InChI is InChI=1S/C14H12BrF2N/c1-9(11-4-2-3-5-13(11)17)18-14-8-10(16)6-7-12(14)15/h2-9,18H,1H3. The molecule has 0 heterocycles. The van der Waals surface area contributed by atoms with Crippen LogP contribution in [0.3, 0.4) is 0 Å². The van der Waals surface area contributed by atoms with Crippen LogP contribution in [-0.2, 0) is 0 Å². The van der Waals surface area contributed by atoms with E-state index in [-0.39, 0.29) is 17.7 Å². The fourth-order valence-corrected chi connectivity index (χ4v) is 2.11. The first kappa shape index (κ1) is 13.0. The Kier molecular flexibility index (Phi) is 3.97. The predicted octanol–water partition coefficient (Wildman–Crippen LogP) is 4.90. The highest BCUT2D eigenvalue weighted by atomic mass is 79.9. The maximum Gasteiger partial charge on any atom is 0.128 e. The van der Waals surface area contributed by atoms with Gasteiger partial charge in [-0.05, 0) is 47.1 Å². The third-order valence-electron chi connectivity index (χ3n) is 2.67. The van der Waals surface area contributed by atoms with E-state index in [0.717, 1.165) is 4.47 Å². The molecule has 1 unspecified atom stereocenters. The molecule has 0 fully saturated rings. The Labute approximate surface area is 113 Å². The van der Waals surface area contributed by atoms with Gasteiger partial charge in [0.05, 0.1) is 11.7 Å². The van der Waals surface area contributed by atoms with E-state index < -0.39 is 0 Å². The first-order valence-electron chi connectivity index (χ1n) is 5.54. The zero-order valence-corrected chi connectivity index (χ0v) is 11.3. The molecule has 0 bridgehead atoms. The lowest BCUT2D eigenvalue weighted by molar-refractivity contribution is 0.600. The Hall–Kier alpha value is -1.42. The lowest BCUT2D eigenvalue weighted by Gasteiger charge is -2.17. The molecule has 94 valence electrons. The Morgan fingerprint density at radius 1 is 1.11 bits per heavy atom. The third kappa shape index (κ3) is 2.88. The lowest BCUT2D eigenvalue weighted by atomic mass is 10.1. The van der Waals surface area contributed by atoms with Crippen LogP contribution in [0.15, 0.2) is 46.9 Å². The molecule has 18 heavy (non-hydrogen) atoms. The molecule has 0 radical (unpaired) electrons. The quantitative estimate of drug-likeness (QED) is 0.850. The zero-order chi connectivity index (χ0) is 13.1. The molecule has 0 saturated heterocycles. The van der Waals surface area contributed by atoms with Crippen LogP contribution in [0.1, 0.15) is 18.5 Å². The average molecular weight is 312 g/mol. The summed E-state index contributed by atoms with van der Waals surface area (Å²) in [6.07, 6.45) is 0. The molecule has 4 heteroatoms. The summed E-state index contributed by atoms with van der Waals surface area (Å²) in [6, 6.07) is 10.6. The zero-order valence-electron chi connectivity index (χ0n) is 9.75. The number of rotatable bonds is 3. The van der Waals surface area contributed by atoms with Crippen molar-refractivity contribution in [2.24, 2.45) is 0 Å². The number of hydrogen-bond donors (Lipinski definition) is 1. The van der Waals surface area contributed by atoms with Crippen LogP contribution >= 0.6 is 15.9 Å². The van der Waals surface area contributed by atoms with Crippen LogP contribution in [0, 0.1) is 11.6 Å². The van der Waals surface area contributed by atoms with Crippen LogP contribution in [0.25, 0.3) is 0 Å². The molecule has 1 N–H and O–H groups in total. The van der Waals surface area contributed by atoms with Crippen molar-refractivity contribution >= 4 is 21.6 Å². The first-order valence-corrected chi connectivity index (χ1v) is 6.33. The highest BCUT2D eigenvalue weighted by Crippen LogP contribution is 2.28. The molecule has 2 rings (SSSR count). The maximum absolute atomic E-state index is 13.6. The first-order chi connectivity index (χ1) is 8.58. The summed E-state index contributed by atoms with van der Waals surface area (Å²) in [7, 11) is 0. The van der Waals surface area contributed by atoms with E-state index in [1.54, 1.807) is 24.3 Å². The van der Waals surface area contributed by atoms with E-state index in [9.17, 15) is 8.78 Å². The molecule has 0 aromatic heterocycles. The largest absolute Gasteiger partial charge is 0.377 e. The summed E-state index contributed by atoms with van der Waals surface area (Å²) in [5, 5.41) is 3.08. The number of hydrogen-bond acceptors (Lipinski definition) is 1. The second kappa shape index (κ2) is 5.48. The molecule has 2 aromatic carbocycles. The molecule has 0 aliphatic heterocycles. The molecule has 1 nitrogen and oxygen atoms in total. The Morgan fingerprint density at radius 2 is 1.83 bits per heavy atom. The minimum Gasteiger partial charge on any atom is -0.377 e. The monoisotopic (exact) mass is 311 g/mol. The van der Waals surface area contributed by atoms with E-state index in [1.807, 2.05) is 6.92 Å². The van der Waals surface area contributed by atoms with E-state index in [2.05, 4.69) is 21.2 Å². The number of anilines is 1. The molecule has 1 atom stereocenters. The van der Waals surface area contributed by atoms with Crippen molar-refractivity contribution in [3.05, 3.63) is 64.1 Å². The van der Waals surface area contributed by atoms with Gasteiger partial charge in [-0.2, -0.15) is 0 Å². The van der Waals surface area contributed by atoms with Crippen molar-refractivity contribution in [1.82, 2.24) is 0 Å². The van der Waals surface area contributed by atoms with E-state index in [4.69, 9.17) is 0 Å². The third-order valence-corrected chi connectivity index (χ3v) is 3.36. The number of benzene rings is 2. The molecule has 0 aliphatic carbocycles. The summed E-state index contributed by atoms with van der Waals surface area (Å²) in [4.78, 5) is 0. The fourth-order valence-electron chi connectivity index (χ4n) is 1.75. The van der Waals surface area contributed by atoms with E-state index in [0.29, 0.717) is 11.3 Å². The predicted molar refractivity (Wildman–Crippen MR) is 72.5 cm³/mol. The van der Waals surface area contributed by atoms with Gasteiger partial charge in [-0.1, -0.05) is 18.2 Å². The highest BCUT2D eigenvalue weighted by molar-refractivity contribution is 9.10. The van der Waals surface area contributed by atoms with Crippen LogP contribution < -0.4 is 5.32 Å². The van der Waals surface area contributed by atoms with Gasteiger partial charge in [-0.3, -0.25) is 0 Å². The molecule has 2 aromatic rings. The van der Waals surface area contributed by atoms with Gasteiger partial charge >= 0.3 is 0 Å². The van der Waals surface area contributed by atoms with E-state index in [1.165, 1.54) is 18.2 Å². The van der Waals surface area contributed by atoms with Crippen molar-refractivity contribution in [2.45, 2.75) is 13.0 Å². The van der Waals surface area contributed by atoms with Gasteiger partial charge in [0.1, 0.15) is 11.6 Å². The molecule has 0 spiro atoms. The topological polar surface area (TPSA) is 12.0 Å². The minimum absolute atomic E-state index is 0.246. The Morgan fingerprint density at radius 3 is 2.56 bits per heavy atom. The smallest absolute Gasteiger partial charge is 0.128 e. The molecule has 0 aliphatic rings. The average Bonchev–Trinajstić information content (AvgIpc) is 2.34. The normalized spacial score (nSPS) is 12.2. The van der Waals surface area contributed by atoms with Gasteiger partial charge < -0.3 is 5.32 Å². The van der Waals surface area contributed by atoms with Crippen LogP contribution in [-0.4, -0.2) is 0 Å². The lowest BCUT2D eigenvalue weighted by Crippen LogP contribution is -2.09. The summed E-state index contributed by atoms with van der Waals surface area (Å²) in [5.41, 5.74) is 1.15. The van der Waals surface area contributed by atoms with Gasteiger partial charge in [-0.15, -0.1) is 0 Å². The summed E-state index contributed by atoms with van der Waals surface area (Å²) in [5.74, 6) is -0.605. The molecular weight excluding hydrogens is 300 g/mol.